The number of carbonyl (C=O) groups excluding carboxylic acids is 3. The minimum absolute atomic E-state index is 0.0651. The Kier molecular flexibility index (Phi) is 8.51. The van der Waals surface area contributed by atoms with E-state index < -0.39 is 0 Å². The molecule has 0 bridgehead atoms. The fourth-order valence-corrected chi connectivity index (χ4v) is 3.53. The van der Waals surface area contributed by atoms with Crippen molar-refractivity contribution < 1.29 is 18.8 Å². The number of urea groups is 1. The first kappa shape index (κ1) is 22.4. The van der Waals surface area contributed by atoms with Crippen LogP contribution in [0.15, 0.2) is 47.1 Å². The zero-order chi connectivity index (χ0) is 21.9. The maximum Gasteiger partial charge on any atom is 0.315 e. The molecule has 1 aromatic heterocycles. The lowest BCUT2D eigenvalue weighted by Crippen LogP contribution is -2.43. The lowest BCUT2D eigenvalue weighted by atomic mass is 9.96. The highest BCUT2D eigenvalue weighted by molar-refractivity contribution is 6.02. The molecular formula is C23H30N4O4. The highest BCUT2D eigenvalue weighted by Crippen LogP contribution is 2.17. The van der Waals surface area contributed by atoms with Gasteiger partial charge >= 0.3 is 6.03 Å². The van der Waals surface area contributed by atoms with Gasteiger partial charge in [0, 0.05) is 31.2 Å². The van der Waals surface area contributed by atoms with E-state index in [1.165, 1.54) is 25.5 Å². The van der Waals surface area contributed by atoms with E-state index in [1.807, 2.05) is 12.1 Å². The molecule has 0 aliphatic heterocycles. The number of rotatable bonds is 9. The fourth-order valence-electron chi connectivity index (χ4n) is 3.53. The van der Waals surface area contributed by atoms with Gasteiger partial charge in [-0.25, -0.2) is 4.79 Å². The lowest BCUT2D eigenvalue weighted by Gasteiger charge is -2.22. The number of amides is 4. The summed E-state index contributed by atoms with van der Waals surface area (Å²) in [6.07, 6.45) is 8.08. The van der Waals surface area contributed by atoms with Crippen LogP contribution in [0, 0.1) is 0 Å². The van der Waals surface area contributed by atoms with Gasteiger partial charge in [-0.15, -0.1) is 0 Å². The summed E-state index contributed by atoms with van der Waals surface area (Å²) < 4.78 is 5.06. The molecule has 0 atom stereocenters. The van der Waals surface area contributed by atoms with Crippen molar-refractivity contribution >= 4 is 23.5 Å². The predicted octanol–water partition coefficient (Wildman–Crippen LogP) is 3.56. The molecule has 4 amide bonds. The van der Waals surface area contributed by atoms with Crippen LogP contribution < -0.4 is 21.3 Å². The van der Waals surface area contributed by atoms with Gasteiger partial charge < -0.3 is 25.7 Å². The number of benzene rings is 1. The number of carbonyl (C=O) groups is 3. The number of nitrogens with one attached hydrogen (secondary N) is 4. The van der Waals surface area contributed by atoms with Crippen LogP contribution in [0.25, 0.3) is 0 Å². The summed E-state index contributed by atoms with van der Waals surface area (Å²) in [5.41, 5.74) is 1.57. The highest BCUT2D eigenvalue weighted by atomic mass is 16.3. The van der Waals surface area contributed by atoms with E-state index in [2.05, 4.69) is 21.3 Å². The van der Waals surface area contributed by atoms with Crippen LogP contribution in [0.4, 0.5) is 10.5 Å². The zero-order valence-corrected chi connectivity index (χ0v) is 17.6. The smallest absolute Gasteiger partial charge is 0.315 e. The van der Waals surface area contributed by atoms with E-state index in [9.17, 15) is 14.4 Å². The van der Waals surface area contributed by atoms with Crippen molar-refractivity contribution in [3.05, 3.63) is 54.0 Å². The van der Waals surface area contributed by atoms with E-state index in [-0.39, 0.29) is 29.6 Å². The summed E-state index contributed by atoms with van der Waals surface area (Å²) in [5, 5.41) is 11.4. The second-order valence-corrected chi connectivity index (χ2v) is 7.74. The molecule has 3 rings (SSSR count). The molecule has 1 fully saturated rings. The molecular weight excluding hydrogens is 396 g/mol. The van der Waals surface area contributed by atoms with E-state index in [4.69, 9.17) is 4.42 Å². The Hall–Kier alpha value is -3.29. The molecule has 1 aromatic carbocycles. The third-order valence-electron chi connectivity index (χ3n) is 5.25. The largest absolute Gasteiger partial charge is 0.459 e. The number of hydrogen-bond donors (Lipinski definition) is 4. The van der Waals surface area contributed by atoms with Crippen molar-refractivity contribution in [3.8, 4) is 0 Å². The van der Waals surface area contributed by atoms with E-state index >= 15 is 0 Å². The van der Waals surface area contributed by atoms with E-state index in [1.54, 1.807) is 24.3 Å². The SMILES string of the molecule is O=C(CCCNC(=O)NC1CCCCC1)NCc1ccc(NC(=O)c2ccco2)cc1. The maximum atomic E-state index is 12.0. The minimum Gasteiger partial charge on any atom is -0.459 e. The van der Waals surface area contributed by atoms with Gasteiger partial charge in [0.25, 0.3) is 5.91 Å². The zero-order valence-electron chi connectivity index (χ0n) is 17.6. The molecule has 2 aromatic rings. The van der Waals surface area contributed by atoms with Crippen molar-refractivity contribution in [1.82, 2.24) is 16.0 Å². The minimum atomic E-state index is -0.313. The third-order valence-corrected chi connectivity index (χ3v) is 5.25. The lowest BCUT2D eigenvalue weighted by molar-refractivity contribution is -0.121. The molecule has 166 valence electrons. The molecule has 1 saturated carbocycles. The fraction of sp³-hybridized carbons (Fsp3) is 0.435. The van der Waals surface area contributed by atoms with Gasteiger partial charge in [-0.1, -0.05) is 31.4 Å². The first-order chi connectivity index (χ1) is 15.1. The van der Waals surface area contributed by atoms with Gasteiger partial charge in [0.1, 0.15) is 0 Å². The number of furan rings is 1. The van der Waals surface area contributed by atoms with Crippen LogP contribution in [-0.2, 0) is 11.3 Å². The highest BCUT2D eigenvalue weighted by Gasteiger charge is 2.15. The van der Waals surface area contributed by atoms with Gasteiger partial charge in [-0.05, 0) is 49.1 Å². The van der Waals surface area contributed by atoms with Gasteiger partial charge in [-0.2, -0.15) is 0 Å². The molecule has 4 N–H and O–H groups in total. The van der Waals surface area contributed by atoms with Crippen LogP contribution in [-0.4, -0.2) is 30.4 Å². The molecule has 8 heteroatoms. The molecule has 0 unspecified atom stereocenters. The molecule has 0 saturated heterocycles. The molecule has 1 aliphatic rings. The van der Waals surface area contributed by atoms with Crippen molar-refractivity contribution in [1.29, 1.82) is 0 Å². The van der Waals surface area contributed by atoms with E-state index in [0.717, 1.165) is 18.4 Å². The Labute approximate surface area is 182 Å². The first-order valence-corrected chi connectivity index (χ1v) is 10.8. The van der Waals surface area contributed by atoms with Crippen LogP contribution in [0.5, 0.6) is 0 Å². The summed E-state index contributed by atoms with van der Waals surface area (Å²) in [6, 6.07) is 10.6. The predicted molar refractivity (Wildman–Crippen MR) is 118 cm³/mol. The van der Waals surface area contributed by atoms with Crippen LogP contribution in [0.3, 0.4) is 0 Å². The van der Waals surface area contributed by atoms with Crippen molar-refractivity contribution in [2.24, 2.45) is 0 Å². The van der Waals surface area contributed by atoms with Crippen molar-refractivity contribution in [2.45, 2.75) is 57.5 Å². The average Bonchev–Trinajstić information content (AvgIpc) is 3.32. The van der Waals surface area contributed by atoms with Gasteiger partial charge in [0.15, 0.2) is 5.76 Å². The first-order valence-electron chi connectivity index (χ1n) is 10.8. The van der Waals surface area contributed by atoms with E-state index in [0.29, 0.717) is 31.6 Å². The number of anilines is 1. The molecule has 0 radical (unpaired) electrons. The Bertz CT molecular complexity index is 843. The summed E-state index contributed by atoms with van der Waals surface area (Å²) >= 11 is 0. The Balaban J connectivity index is 1.28. The second kappa shape index (κ2) is 11.8. The molecule has 8 nitrogen and oxygen atoms in total. The monoisotopic (exact) mass is 426 g/mol. The Morgan fingerprint density at radius 1 is 0.968 bits per heavy atom. The average molecular weight is 427 g/mol. The van der Waals surface area contributed by atoms with Gasteiger partial charge in [-0.3, -0.25) is 9.59 Å². The van der Waals surface area contributed by atoms with Crippen LogP contribution >= 0.6 is 0 Å². The Morgan fingerprint density at radius 2 is 1.74 bits per heavy atom. The number of hydrogen-bond acceptors (Lipinski definition) is 4. The molecule has 1 heterocycles. The topological polar surface area (TPSA) is 112 Å². The summed E-state index contributed by atoms with van der Waals surface area (Å²) in [4.78, 5) is 35.8. The molecule has 31 heavy (non-hydrogen) atoms. The molecule has 1 aliphatic carbocycles. The molecule has 0 spiro atoms. The van der Waals surface area contributed by atoms with Crippen LogP contribution in [0.1, 0.15) is 61.1 Å². The normalized spacial score (nSPS) is 13.9. The standard InChI is InChI=1S/C23H30N4O4/c28-21(9-4-14-24-23(30)27-18-6-2-1-3-7-18)25-16-17-10-12-19(13-11-17)26-22(29)20-8-5-15-31-20/h5,8,10-13,15,18H,1-4,6-7,9,14,16H2,(H,25,28)(H,26,29)(H2,24,27,30). The quantitative estimate of drug-likeness (QED) is 0.459. The van der Waals surface area contributed by atoms with Gasteiger partial charge in [0.2, 0.25) is 5.91 Å². The summed E-state index contributed by atoms with van der Waals surface area (Å²) in [6.45, 7) is 0.872. The summed E-state index contributed by atoms with van der Waals surface area (Å²) in [7, 11) is 0. The Morgan fingerprint density at radius 3 is 2.45 bits per heavy atom. The van der Waals surface area contributed by atoms with Crippen LogP contribution in [0.2, 0.25) is 0 Å². The van der Waals surface area contributed by atoms with Crippen molar-refractivity contribution in [2.75, 3.05) is 11.9 Å². The summed E-state index contributed by atoms with van der Waals surface area (Å²) in [5.74, 6) is -0.130. The van der Waals surface area contributed by atoms with Crippen molar-refractivity contribution in [3.63, 3.8) is 0 Å². The maximum absolute atomic E-state index is 12.0. The third kappa shape index (κ3) is 7.81. The van der Waals surface area contributed by atoms with Gasteiger partial charge in [0.05, 0.1) is 6.26 Å². The second-order valence-electron chi connectivity index (χ2n) is 7.74.